The molecule has 0 saturated carbocycles. The van der Waals surface area contributed by atoms with Gasteiger partial charge in [-0.15, -0.1) is 0 Å². The molecule has 1 aromatic heterocycles. The zero-order valence-electron chi connectivity index (χ0n) is 22.5. The van der Waals surface area contributed by atoms with Gasteiger partial charge in [0.25, 0.3) is 0 Å². The molecule has 0 N–H and O–H groups in total. The number of fused-ring (bicyclic) bond motifs is 1. The number of carbonyl (C=O) groups excluding carboxylic acids is 1. The van der Waals surface area contributed by atoms with Crippen LogP contribution in [0.3, 0.4) is 0 Å². The van der Waals surface area contributed by atoms with Crippen LogP contribution < -0.4 is 14.3 Å². The minimum absolute atomic E-state index is 0.0244. The summed E-state index contributed by atoms with van der Waals surface area (Å²) in [5, 5.41) is 4.22. The molecule has 9 heteroatoms. The molecule has 0 amide bonds. The molecule has 0 fully saturated rings. The van der Waals surface area contributed by atoms with Crippen LogP contribution in [-0.4, -0.2) is 42.2 Å². The Balaban J connectivity index is 1.40. The van der Waals surface area contributed by atoms with Gasteiger partial charge in [0, 0.05) is 23.7 Å². The predicted octanol–water partition coefficient (Wildman–Crippen LogP) is 5.65. The molecule has 0 aliphatic rings. The molecule has 39 heavy (non-hydrogen) atoms. The number of aryl methyl sites for hydroxylation is 1. The van der Waals surface area contributed by atoms with E-state index >= 15 is 0 Å². The number of aromatic nitrogens is 1. The van der Waals surface area contributed by atoms with Crippen LogP contribution in [0.2, 0.25) is 0 Å². The van der Waals surface area contributed by atoms with Gasteiger partial charge in [-0.3, -0.25) is 9.36 Å². The summed E-state index contributed by atoms with van der Waals surface area (Å²) in [5.41, 5.74) is 2.27. The van der Waals surface area contributed by atoms with Gasteiger partial charge in [0.1, 0.15) is 24.3 Å². The van der Waals surface area contributed by atoms with Gasteiger partial charge in [-0.2, -0.15) is 0 Å². The number of rotatable bonds is 12. The largest absolute Gasteiger partial charge is 0.493 e. The molecule has 0 saturated heterocycles. The Morgan fingerprint density at radius 1 is 0.974 bits per heavy atom. The normalized spacial score (nSPS) is 11.8. The summed E-state index contributed by atoms with van der Waals surface area (Å²) >= 11 is 1.21. The van der Waals surface area contributed by atoms with E-state index in [1.54, 1.807) is 43.5 Å². The molecule has 0 aliphatic carbocycles. The van der Waals surface area contributed by atoms with Crippen molar-refractivity contribution in [2.75, 3.05) is 20.3 Å². The van der Waals surface area contributed by atoms with Crippen molar-refractivity contribution in [1.29, 1.82) is 0 Å². The van der Waals surface area contributed by atoms with Crippen LogP contribution in [0.5, 0.6) is 11.5 Å². The van der Waals surface area contributed by atoms with Crippen LogP contribution in [0.4, 0.5) is 0 Å². The summed E-state index contributed by atoms with van der Waals surface area (Å²) in [6.45, 7) is 6.29. The Labute approximate surface area is 231 Å². The molecule has 4 rings (SSSR count). The van der Waals surface area contributed by atoms with Gasteiger partial charge >= 0.3 is 10.8 Å². The third kappa shape index (κ3) is 6.86. The smallest absolute Gasteiger partial charge is 0.349 e. The van der Waals surface area contributed by atoms with E-state index in [1.807, 2.05) is 54.6 Å². The monoisotopic (exact) mass is 548 g/mol. The first-order valence-corrected chi connectivity index (χ1v) is 13.5. The molecule has 204 valence electrons. The van der Waals surface area contributed by atoms with E-state index in [1.165, 1.54) is 18.4 Å². The zero-order valence-corrected chi connectivity index (χ0v) is 23.3. The standard InChI is InChI=1S/C30H32N2O6S/c1-5-36-28(33)30(2,3)38-24-14-9-13-23(20-24)37-18-10-17-32-25-16-15-22(19-26(25)39-29(32)34)27(31-35-4)21-11-7-6-8-12-21/h6-9,11-16,19-20H,5,10,17-18H2,1-4H3/b31-27+. The number of hydrogen-bond donors (Lipinski definition) is 0. The van der Waals surface area contributed by atoms with E-state index in [9.17, 15) is 9.59 Å². The average Bonchev–Trinajstić information content (AvgIpc) is 3.24. The quantitative estimate of drug-likeness (QED) is 0.0984. The van der Waals surface area contributed by atoms with Crippen molar-refractivity contribution in [2.45, 2.75) is 39.3 Å². The molecule has 0 atom stereocenters. The Kier molecular flexibility index (Phi) is 9.03. The van der Waals surface area contributed by atoms with Gasteiger partial charge in [0.15, 0.2) is 5.60 Å². The second-order valence-electron chi connectivity index (χ2n) is 9.20. The number of carbonyl (C=O) groups is 1. The van der Waals surface area contributed by atoms with Crippen LogP contribution in [-0.2, 0) is 20.9 Å². The van der Waals surface area contributed by atoms with Gasteiger partial charge in [0.2, 0.25) is 0 Å². The first kappa shape index (κ1) is 27.9. The van der Waals surface area contributed by atoms with E-state index in [2.05, 4.69) is 5.16 Å². The average molecular weight is 549 g/mol. The van der Waals surface area contributed by atoms with Crippen molar-refractivity contribution in [3.05, 3.63) is 93.6 Å². The number of benzene rings is 3. The van der Waals surface area contributed by atoms with E-state index in [-0.39, 0.29) is 11.5 Å². The van der Waals surface area contributed by atoms with Crippen molar-refractivity contribution in [2.24, 2.45) is 5.16 Å². The fourth-order valence-corrected chi connectivity index (χ4v) is 5.02. The lowest BCUT2D eigenvalue weighted by Gasteiger charge is -2.24. The van der Waals surface area contributed by atoms with E-state index in [4.69, 9.17) is 19.0 Å². The van der Waals surface area contributed by atoms with Crippen LogP contribution in [0.1, 0.15) is 38.3 Å². The van der Waals surface area contributed by atoms with Gasteiger partial charge in [-0.25, -0.2) is 4.79 Å². The van der Waals surface area contributed by atoms with Crippen LogP contribution >= 0.6 is 11.3 Å². The molecule has 0 spiro atoms. The van der Waals surface area contributed by atoms with Gasteiger partial charge in [-0.05, 0) is 51.5 Å². The Hall–Kier alpha value is -4.11. The first-order chi connectivity index (χ1) is 18.8. The molecule has 8 nitrogen and oxygen atoms in total. The highest BCUT2D eigenvalue weighted by molar-refractivity contribution is 7.16. The van der Waals surface area contributed by atoms with E-state index in [0.717, 1.165) is 21.3 Å². The maximum absolute atomic E-state index is 12.8. The lowest BCUT2D eigenvalue weighted by Crippen LogP contribution is -2.39. The third-order valence-corrected chi connectivity index (χ3v) is 6.85. The van der Waals surface area contributed by atoms with Crippen LogP contribution in [0.25, 0.3) is 10.2 Å². The molecule has 0 aliphatic heterocycles. The number of oxime groups is 1. The van der Waals surface area contributed by atoms with Crippen molar-refractivity contribution in [3.8, 4) is 11.5 Å². The minimum Gasteiger partial charge on any atom is -0.493 e. The molecule has 1 heterocycles. The maximum Gasteiger partial charge on any atom is 0.349 e. The lowest BCUT2D eigenvalue weighted by atomic mass is 10.0. The third-order valence-electron chi connectivity index (χ3n) is 5.91. The zero-order chi connectivity index (χ0) is 27.8. The summed E-state index contributed by atoms with van der Waals surface area (Å²) in [5.74, 6) is 0.692. The molecule has 0 unspecified atom stereocenters. The van der Waals surface area contributed by atoms with Gasteiger partial charge in [0.05, 0.1) is 23.4 Å². The van der Waals surface area contributed by atoms with Crippen molar-refractivity contribution in [3.63, 3.8) is 0 Å². The van der Waals surface area contributed by atoms with Crippen LogP contribution in [0.15, 0.2) is 82.7 Å². The number of ether oxygens (including phenoxy) is 3. The summed E-state index contributed by atoms with van der Waals surface area (Å²) in [6.07, 6.45) is 0.632. The SMILES string of the molecule is CCOC(=O)C(C)(C)Oc1cccc(OCCCn2c(=O)sc3cc(/C(=N/OC)c4ccccc4)ccc32)c1. The summed E-state index contributed by atoms with van der Waals surface area (Å²) in [4.78, 5) is 30.0. The topological polar surface area (TPSA) is 88.4 Å². The predicted molar refractivity (Wildman–Crippen MR) is 153 cm³/mol. The Morgan fingerprint density at radius 2 is 1.74 bits per heavy atom. The fraction of sp³-hybridized carbons (Fsp3) is 0.300. The van der Waals surface area contributed by atoms with Gasteiger partial charge < -0.3 is 19.0 Å². The minimum atomic E-state index is -1.12. The lowest BCUT2D eigenvalue weighted by molar-refractivity contribution is -0.158. The molecular formula is C30H32N2O6S. The summed E-state index contributed by atoms with van der Waals surface area (Å²) in [6, 6.07) is 22.8. The fourth-order valence-electron chi connectivity index (χ4n) is 4.07. The summed E-state index contributed by atoms with van der Waals surface area (Å²) in [7, 11) is 1.52. The van der Waals surface area contributed by atoms with Crippen molar-refractivity contribution >= 4 is 33.2 Å². The molecular weight excluding hydrogens is 516 g/mol. The van der Waals surface area contributed by atoms with Crippen molar-refractivity contribution in [1.82, 2.24) is 4.57 Å². The molecule has 4 aromatic rings. The number of hydrogen-bond acceptors (Lipinski definition) is 8. The Bertz CT molecular complexity index is 1510. The maximum atomic E-state index is 12.8. The second-order valence-corrected chi connectivity index (χ2v) is 10.2. The Morgan fingerprint density at radius 3 is 2.49 bits per heavy atom. The van der Waals surface area contributed by atoms with Crippen LogP contribution in [0, 0.1) is 0 Å². The highest BCUT2D eigenvalue weighted by Crippen LogP contribution is 2.25. The molecule has 3 aromatic carbocycles. The first-order valence-electron chi connectivity index (χ1n) is 12.7. The molecule has 0 bridgehead atoms. The van der Waals surface area contributed by atoms with Crippen molar-refractivity contribution < 1.29 is 23.8 Å². The number of nitrogens with zero attached hydrogens (tertiary/aromatic N) is 2. The highest BCUT2D eigenvalue weighted by atomic mass is 32.1. The summed E-state index contributed by atoms with van der Waals surface area (Å²) < 4.78 is 19.5. The van der Waals surface area contributed by atoms with Gasteiger partial charge in [-0.1, -0.05) is 59.0 Å². The highest BCUT2D eigenvalue weighted by Gasteiger charge is 2.31. The van der Waals surface area contributed by atoms with E-state index < -0.39 is 11.6 Å². The second kappa shape index (κ2) is 12.6. The number of esters is 1. The molecule has 0 radical (unpaired) electrons. The van der Waals surface area contributed by atoms with E-state index in [0.29, 0.717) is 36.8 Å². The number of thiazole rings is 1.